The second-order valence-electron chi connectivity index (χ2n) is 13.3. The van der Waals surface area contributed by atoms with Gasteiger partial charge in [-0.1, -0.05) is 176 Å². The minimum absolute atomic E-state index is 1.22. The molecule has 0 saturated carbocycles. The summed E-state index contributed by atoms with van der Waals surface area (Å²) >= 11 is 0. The molecule has 0 spiro atoms. The molecular formula is C50H32. The standard InChI is InChI=1S/C50H32/c1-2-12-33(13-3-1)38-28-29-46-48(31-38)50(40-27-22-34-14-4-5-15-37(34)30-40)45-21-11-10-20-44(45)49(46)36-25-23-35(24-26-36)47-32-39-16-6-7-17-41(39)42-18-8-9-19-43(42)47/h1-32H. The van der Waals surface area contributed by atoms with Crippen molar-refractivity contribution in [1.29, 1.82) is 0 Å². The van der Waals surface area contributed by atoms with Crippen LogP contribution in [-0.2, 0) is 0 Å². The molecule has 232 valence electrons. The van der Waals surface area contributed by atoms with Gasteiger partial charge in [-0.25, -0.2) is 0 Å². The summed E-state index contributed by atoms with van der Waals surface area (Å²) in [6, 6.07) is 71.4. The van der Waals surface area contributed by atoms with E-state index < -0.39 is 0 Å². The van der Waals surface area contributed by atoms with Crippen LogP contribution in [-0.4, -0.2) is 0 Å². The van der Waals surface area contributed by atoms with Gasteiger partial charge in [0.2, 0.25) is 0 Å². The summed E-state index contributed by atoms with van der Waals surface area (Å²) in [5, 5.41) is 12.7. The van der Waals surface area contributed by atoms with Crippen molar-refractivity contribution in [1.82, 2.24) is 0 Å². The maximum Gasteiger partial charge on any atom is -0.00259 e. The fraction of sp³-hybridized carbons (Fsp3) is 0. The Morgan fingerprint density at radius 3 is 1.48 bits per heavy atom. The van der Waals surface area contributed by atoms with Crippen LogP contribution < -0.4 is 0 Å². The topological polar surface area (TPSA) is 0 Å². The predicted molar refractivity (Wildman–Crippen MR) is 216 cm³/mol. The van der Waals surface area contributed by atoms with E-state index in [9.17, 15) is 0 Å². The van der Waals surface area contributed by atoms with E-state index in [0.29, 0.717) is 0 Å². The fourth-order valence-electron chi connectivity index (χ4n) is 8.06. The van der Waals surface area contributed by atoms with Crippen LogP contribution in [0, 0.1) is 0 Å². The number of hydrogen-bond acceptors (Lipinski definition) is 0. The summed E-state index contributed by atoms with van der Waals surface area (Å²) in [7, 11) is 0. The lowest BCUT2D eigenvalue weighted by atomic mass is 9.84. The van der Waals surface area contributed by atoms with Crippen molar-refractivity contribution >= 4 is 53.9 Å². The Hall–Kier alpha value is -6.50. The molecule has 0 heterocycles. The van der Waals surface area contributed by atoms with Gasteiger partial charge in [0.15, 0.2) is 0 Å². The number of benzene rings is 10. The molecule has 0 aliphatic carbocycles. The third-order valence-electron chi connectivity index (χ3n) is 10.4. The molecule has 0 N–H and O–H groups in total. The molecule has 10 aromatic carbocycles. The smallest absolute Gasteiger partial charge is 0.00259 e. The van der Waals surface area contributed by atoms with E-state index in [-0.39, 0.29) is 0 Å². The SMILES string of the molecule is c1ccc(-c2ccc3c(-c4ccc(-c5cc6ccccc6c6ccccc56)cc4)c4ccccc4c(-c4ccc5ccccc5c4)c3c2)cc1. The van der Waals surface area contributed by atoms with Crippen molar-refractivity contribution in [3.63, 3.8) is 0 Å². The van der Waals surface area contributed by atoms with Crippen molar-refractivity contribution in [2.24, 2.45) is 0 Å². The van der Waals surface area contributed by atoms with Gasteiger partial charge < -0.3 is 0 Å². The second-order valence-corrected chi connectivity index (χ2v) is 13.3. The summed E-state index contributed by atoms with van der Waals surface area (Å²) in [4.78, 5) is 0. The maximum atomic E-state index is 2.40. The van der Waals surface area contributed by atoms with Crippen LogP contribution in [0.1, 0.15) is 0 Å². The van der Waals surface area contributed by atoms with Gasteiger partial charge in [0, 0.05) is 0 Å². The first-order valence-electron chi connectivity index (χ1n) is 17.3. The van der Waals surface area contributed by atoms with E-state index in [0.717, 1.165) is 0 Å². The highest BCUT2D eigenvalue weighted by Crippen LogP contribution is 2.46. The monoisotopic (exact) mass is 632 g/mol. The van der Waals surface area contributed by atoms with Gasteiger partial charge in [0.05, 0.1) is 0 Å². The number of rotatable bonds is 4. The quantitative estimate of drug-likeness (QED) is 0.134. The van der Waals surface area contributed by atoms with E-state index in [1.807, 2.05) is 0 Å². The molecule has 0 saturated heterocycles. The molecular weight excluding hydrogens is 601 g/mol. The molecule has 10 aromatic rings. The predicted octanol–water partition coefficient (Wildman–Crippen LogP) is 14.1. The number of hydrogen-bond donors (Lipinski definition) is 0. The van der Waals surface area contributed by atoms with E-state index in [1.165, 1.54) is 98.4 Å². The van der Waals surface area contributed by atoms with Crippen LogP contribution in [0.15, 0.2) is 194 Å². The Morgan fingerprint density at radius 1 is 0.200 bits per heavy atom. The van der Waals surface area contributed by atoms with Gasteiger partial charge in [-0.3, -0.25) is 0 Å². The molecule has 50 heavy (non-hydrogen) atoms. The molecule has 0 amide bonds. The maximum absolute atomic E-state index is 2.40. The number of fused-ring (bicyclic) bond motifs is 6. The molecule has 0 aliphatic heterocycles. The van der Waals surface area contributed by atoms with E-state index in [4.69, 9.17) is 0 Å². The van der Waals surface area contributed by atoms with Gasteiger partial charge in [-0.05, 0) is 117 Å². The van der Waals surface area contributed by atoms with Crippen molar-refractivity contribution in [2.75, 3.05) is 0 Å². The average Bonchev–Trinajstić information content (AvgIpc) is 3.19. The Bertz CT molecular complexity index is 2900. The van der Waals surface area contributed by atoms with Crippen molar-refractivity contribution in [2.45, 2.75) is 0 Å². The minimum Gasteiger partial charge on any atom is -0.0622 e. The highest BCUT2D eigenvalue weighted by Gasteiger charge is 2.18. The molecule has 0 fully saturated rings. The van der Waals surface area contributed by atoms with Gasteiger partial charge >= 0.3 is 0 Å². The molecule has 0 radical (unpaired) electrons. The summed E-state index contributed by atoms with van der Waals surface area (Å²) < 4.78 is 0. The van der Waals surface area contributed by atoms with E-state index >= 15 is 0 Å². The van der Waals surface area contributed by atoms with Crippen LogP contribution in [0.2, 0.25) is 0 Å². The first-order chi connectivity index (χ1) is 24.8. The highest BCUT2D eigenvalue weighted by atomic mass is 14.2. The van der Waals surface area contributed by atoms with Gasteiger partial charge in [0.25, 0.3) is 0 Å². The Morgan fingerprint density at radius 2 is 0.720 bits per heavy atom. The van der Waals surface area contributed by atoms with Gasteiger partial charge in [-0.15, -0.1) is 0 Å². The minimum atomic E-state index is 1.22. The lowest BCUT2D eigenvalue weighted by Gasteiger charge is -2.19. The zero-order valence-electron chi connectivity index (χ0n) is 27.5. The second kappa shape index (κ2) is 11.6. The normalized spacial score (nSPS) is 11.6. The Kier molecular flexibility index (Phi) is 6.60. The third kappa shape index (κ3) is 4.61. The van der Waals surface area contributed by atoms with Crippen LogP contribution in [0.3, 0.4) is 0 Å². The lowest BCUT2D eigenvalue weighted by molar-refractivity contribution is 1.63. The summed E-state index contributed by atoms with van der Waals surface area (Å²) in [5.41, 5.74) is 9.94. The van der Waals surface area contributed by atoms with Crippen molar-refractivity contribution in [3.05, 3.63) is 194 Å². The molecule has 10 rings (SSSR count). The van der Waals surface area contributed by atoms with Gasteiger partial charge in [0.1, 0.15) is 0 Å². The summed E-state index contributed by atoms with van der Waals surface area (Å²) in [6.45, 7) is 0. The first kappa shape index (κ1) is 28.5. The van der Waals surface area contributed by atoms with Crippen molar-refractivity contribution in [3.8, 4) is 44.5 Å². The van der Waals surface area contributed by atoms with Crippen LogP contribution in [0.4, 0.5) is 0 Å². The van der Waals surface area contributed by atoms with Crippen LogP contribution >= 0.6 is 0 Å². The molecule has 0 aromatic heterocycles. The zero-order valence-corrected chi connectivity index (χ0v) is 27.5. The molecule has 0 nitrogen and oxygen atoms in total. The molecule has 0 heteroatoms. The third-order valence-corrected chi connectivity index (χ3v) is 10.4. The van der Waals surface area contributed by atoms with Crippen LogP contribution in [0.25, 0.3) is 98.4 Å². The van der Waals surface area contributed by atoms with Gasteiger partial charge in [-0.2, -0.15) is 0 Å². The zero-order chi connectivity index (χ0) is 33.0. The fourth-order valence-corrected chi connectivity index (χ4v) is 8.06. The first-order valence-corrected chi connectivity index (χ1v) is 17.3. The van der Waals surface area contributed by atoms with E-state index in [2.05, 4.69) is 194 Å². The average molecular weight is 633 g/mol. The summed E-state index contributed by atoms with van der Waals surface area (Å²) in [6.07, 6.45) is 0. The molecule has 0 bridgehead atoms. The Balaban J connectivity index is 1.22. The lowest BCUT2D eigenvalue weighted by Crippen LogP contribution is -1.92. The summed E-state index contributed by atoms with van der Waals surface area (Å²) in [5.74, 6) is 0. The van der Waals surface area contributed by atoms with E-state index in [1.54, 1.807) is 0 Å². The van der Waals surface area contributed by atoms with Crippen molar-refractivity contribution < 1.29 is 0 Å². The molecule has 0 atom stereocenters. The Labute approximate surface area is 291 Å². The van der Waals surface area contributed by atoms with Crippen LogP contribution in [0.5, 0.6) is 0 Å². The molecule has 0 unspecified atom stereocenters. The largest absolute Gasteiger partial charge is 0.0622 e. The highest BCUT2D eigenvalue weighted by molar-refractivity contribution is 6.22. The molecule has 0 aliphatic rings.